The number of hydrogen-bond donors (Lipinski definition) is 1. The Morgan fingerprint density at radius 3 is 2.87 bits per heavy atom. The van der Waals surface area contributed by atoms with Crippen LogP contribution in [0.25, 0.3) is 11.1 Å². The molecular formula is C11H12N2O2. The molecule has 0 saturated carbocycles. The normalized spacial score (nSPS) is 19.1. The Hall–Kier alpha value is -1.39. The van der Waals surface area contributed by atoms with E-state index >= 15 is 0 Å². The summed E-state index contributed by atoms with van der Waals surface area (Å²) >= 11 is 0. The highest BCUT2D eigenvalue weighted by Crippen LogP contribution is 2.29. The summed E-state index contributed by atoms with van der Waals surface area (Å²) in [5.41, 5.74) is 8.54. The average Bonchev–Trinajstić information content (AvgIpc) is 2.53. The molecule has 0 amide bonds. The van der Waals surface area contributed by atoms with Crippen LogP contribution in [0.15, 0.2) is 22.6 Å². The fourth-order valence-electron chi connectivity index (χ4n) is 1.84. The minimum Gasteiger partial charge on any atom is -0.441 e. The number of fused-ring (bicyclic) bond motifs is 1. The van der Waals surface area contributed by atoms with Gasteiger partial charge in [-0.2, -0.15) is 0 Å². The summed E-state index contributed by atoms with van der Waals surface area (Å²) < 4.78 is 10.5. The van der Waals surface area contributed by atoms with Crippen molar-refractivity contribution in [2.24, 2.45) is 5.73 Å². The molecule has 2 heterocycles. The highest BCUT2D eigenvalue weighted by molar-refractivity contribution is 5.73. The third-order valence-corrected chi connectivity index (χ3v) is 2.79. The first-order chi connectivity index (χ1) is 7.17. The number of hydrogen-bond acceptors (Lipinski definition) is 4. The van der Waals surface area contributed by atoms with Gasteiger partial charge in [0.1, 0.15) is 5.52 Å². The molecule has 1 fully saturated rings. The van der Waals surface area contributed by atoms with Gasteiger partial charge in [-0.3, -0.25) is 0 Å². The van der Waals surface area contributed by atoms with Crippen molar-refractivity contribution in [1.82, 2.24) is 4.98 Å². The summed E-state index contributed by atoms with van der Waals surface area (Å²) in [6, 6.07) is 5.88. The molecule has 3 rings (SSSR count). The lowest BCUT2D eigenvalue weighted by atomic mass is 9.89. The first-order valence-electron chi connectivity index (χ1n) is 4.92. The van der Waals surface area contributed by atoms with Crippen molar-refractivity contribution in [2.75, 3.05) is 13.2 Å². The molecular weight excluding hydrogens is 192 g/mol. The van der Waals surface area contributed by atoms with Gasteiger partial charge in [0.25, 0.3) is 0 Å². The predicted octanol–water partition coefficient (Wildman–Crippen LogP) is 1.32. The molecule has 0 aliphatic carbocycles. The van der Waals surface area contributed by atoms with Crippen LogP contribution in [0, 0.1) is 6.92 Å². The van der Waals surface area contributed by atoms with Crippen molar-refractivity contribution in [2.45, 2.75) is 12.5 Å². The predicted molar refractivity (Wildman–Crippen MR) is 55.4 cm³/mol. The van der Waals surface area contributed by atoms with Gasteiger partial charge in [-0.1, -0.05) is 6.07 Å². The van der Waals surface area contributed by atoms with E-state index in [0.717, 1.165) is 16.7 Å². The summed E-state index contributed by atoms with van der Waals surface area (Å²) in [6.45, 7) is 3.00. The summed E-state index contributed by atoms with van der Waals surface area (Å²) in [6.07, 6.45) is 0. The van der Waals surface area contributed by atoms with Crippen molar-refractivity contribution >= 4 is 11.1 Å². The molecule has 0 spiro atoms. The smallest absolute Gasteiger partial charge is 0.192 e. The fraction of sp³-hybridized carbons (Fsp3) is 0.364. The lowest BCUT2D eigenvalue weighted by molar-refractivity contribution is -0.0568. The Balaban J connectivity index is 2.13. The van der Waals surface area contributed by atoms with E-state index in [9.17, 15) is 0 Å². The van der Waals surface area contributed by atoms with E-state index in [0.29, 0.717) is 19.1 Å². The molecule has 0 radical (unpaired) electrons. The van der Waals surface area contributed by atoms with Gasteiger partial charge in [-0.25, -0.2) is 4.98 Å². The maximum absolute atomic E-state index is 6.14. The van der Waals surface area contributed by atoms with Gasteiger partial charge in [0.2, 0.25) is 0 Å². The molecule has 2 N–H and O–H groups in total. The second kappa shape index (κ2) is 2.81. The largest absolute Gasteiger partial charge is 0.441 e. The number of aryl methyl sites for hydroxylation is 1. The molecule has 1 aromatic carbocycles. The Morgan fingerprint density at radius 1 is 1.40 bits per heavy atom. The van der Waals surface area contributed by atoms with Crippen LogP contribution in [0.1, 0.15) is 11.5 Å². The Kier molecular flexibility index (Phi) is 1.66. The minimum absolute atomic E-state index is 0.332. The molecule has 1 aliphatic heterocycles. The number of nitrogens with zero attached hydrogens (tertiary/aromatic N) is 1. The van der Waals surface area contributed by atoms with E-state index in [2.05, 4.69) is 4.98 Å². The van der Waals surface area contributed by atoms with Gasteiger partial charge in [0.05, 0.1) is 18.8 Å². The molecule has 0 atom stereocenters. The third-order valence-electron chi connectivity index (χ3n) is 2.79. The number of oxazole rings is 1. The van der Waals surface area contributed by atoms with Gasteiger partial charge in [0, 0.05) is 6.92 Å². The highest BCUT2D eigenvalue weighted by Gasteiger charge is 2.36. The van der Waals surface area contributed by atoms with E-state index in [4.69, 9.17) is 14.9 Å². The number of ether oxygens (including phenoxy) is 1. The highest BCUT2D eigenvalue weighted by atomic mass is 16.5. The Bertz CT molecular complexity index is 514. The van der Waals surface area contributed by atoms with Gasteiger partial charge in [0.15, 0.2) is 11.5 Å². The number of rotatable bonds is 1. The second-order valence-electron chi connectivity index (χ2n) is 4.06. The van der Waals surface area contributed by atoms with Crippen molar-refractivity contribution in [3.05, 3.63) is 29.7 Å². The summed E-state index contributed by atoms with van der Waals surface area (Å²) in [5.74, 6) is 0.679. The van der Waals surface area contributed by atoms with Gasteiger partial charge >= 0.3 is 0 Å². The molecule has 0 unspecified atom stereocenters. The topological polar surface area (TPSA) is 61.3 Å². The number of aromatic nitrogens is 1. The quantitative estimate of drug-likeness (QED) is 0.761. The summed E-state index contributed by atoms with van der Waals surface area (Å²) in [4.78, 5) is 4.28. The standard InChI is InChI=1S/C11H12N2O2/c1-7-13-9-4-8(2-3-10(9)15-7)11(12)5-14-6-11/h2-4H,5-6,12H2,1H3. The lowest BCUT2D eigenvalue weighted by Crippen LogP contribution is -2.54. The van der Waals surface area contributed by atoms with E-state index < -0.39 is 0 Å². The Morgan fingerprint density at radius 2 is 2.20 bits per heavy atom. The van der Waals surface area contributed by atoms with Gasteiger partial charge in [-0.05, 0) is 17.7 Å². The lowest BCUT2D eigenvalue weighted by Gasteiger charge is -2.38. The van der Waals surface area contributed by atoms with Crippen LogP contribution in [0.2, 0.25) is 0 Å². The molecule has 4 heteroatoms. The van der Waals surface area contributed by atoms with Crippen molar-refractivity contribution < 1.29 is 9.15 Å². The van der Waals surface area contributed by atoms with Crippen LogP contribution >= 0.6 is 0 Å². The molecule has 0 bridgehead atoms. The molecule has 1 saturated heterocycles. The van der Waals surface area contributed by atoms with Crippen LogP contribution in [0.4, 0.5) is 0 Å². The van der Waals surface area contributed by atoms with Crippen LogP contribution in [0.5, 0.6) is 0 Å². The van der Waals surface area contributed by atoms with Crippen LogP contribution in [0.3, 0.4) is 0 Å². The Labute approximate surface area is 87.0 Å². The SMILES string of the molecule is Cc1nc2cc(C3(N)COC3)ccc2o1. The molecule has 1 aromatic heterocycles. The zero-order valence-electron chi connectivity index (χ0n) is 8.49. The first-order valence-corrected chi connectivity index (χ1v) is 4.92. The molecule has 78 valence electrons. The van der Waals surface area contributed by atoms with Gasteiger partial charge < -0.3 is 14.9 Å². The zero-order valence-corrected chi connectivity index (χ0v) is 8.49. The van der Waals surface area contributed by atoms with E-state index in [-0.39, 0.29) is 5.54 Å². The summed E-state index contributed by atoms with van der Waals surface area (Å²) in [5, 5.41) is 0. The maximum atomic E-state index is 6.14. The van der Waals surface area contributed by atoms with Gasteiger partial charge in [-0.15, -0.1) is 0 Å². The van der Waals surface area contributed by atoms with Crippen LogP contribution in [-0.4, -0.2) is 18.2 Å². The second-order valence-corrected chi connectivity index (χ2v) is 4.06. The van der Waals surface area contributed by atoms with Crippen molar-refractivity contribution in [1.29, 1.82) is 0 Å². The zero-order chi connectivity index (χ0) is 10.5. The number of benzene rings is 1. The molecule has 4 nitrogen and oxygen atoms in total. The fourth-order valence-corrected chi connectivity index (χ4v) is 1.84. The number of nitrogens with two attached hydrogens (primary N) is 1. The monoisotopic (exact) mass is 204 g/mol. The molecule has 2 aromatic rings. The maximum Gasteiger partial charge on any atom is 0.192 e. The van der Waals surface area contributed by atoms with Crippen LogP contribution in [-0.2, 0) is 10.3 Å². The first kappa shape index (κ1) is 8.88. The van der Waals surface area contributed by atoms with Crippen molar-refractivity contribution in [3.63, 3.8) is 0 Å². The van der Waals surface area contributed by atoms with E-state index in [1.807, 2.05) is 25.1 Å². The van der Waals surface area contributed by atoms with E-state index in [1.165, 1.54) is 0 Å². The van der Waals surface area contributed by atoms with E-state index in [1.54, 1.807) is 0 Å². The average molecular weight is 204 g/mol. The molecule has 15 heavy (non-hydrogen) atoms. The van der Waals surface area contributed by atoms with Crippen LogP contribution < -0.4 is 5.73 Å². The minimum atomic E-state index is -0.332. The molecule has 1 aliphatic rings. The third kappa shape index (κ3) is 1.26. The summed E-state index contributed by atoms with van der Waals surface area (Å²) in [7, 11) is 0. The van der Waals surface area contributed by atoms with Crippen molar-refractivity contribution in [3.8, 4) is 0 Å².